The highest BCUT2D eigenvalue weighted by molar-refractivity contribution is 5.76. The van der Waals surface area contributed by atoms with Crippen LogP contribution >= 0.6 is 0 Å². The molecule has 2 heterocycles. The van der Waals surface area contributed by atoms with E-state index >= 15 is 0 Å². The van der Waals surface area contributed by atoms with Gasteiger partial charge in [0, 0.05) is 23.5 Å². The number of fused-ring (bicyclic) bond motifs is 1. The number of carbonyl (C=O) groups is 1. The van der Waals surface area contributed by atoms with Crippen molar-refractivity contribution >= 4 is 17.8 Å². The number of hydrogen-bond acceptors (Lipinski definition) is 4. The predicted octanol–water partition coefficient (Wildman–Crippen LogP) is 4.41. The SMILES string of the molecule is Nc1ccc(-c2ccncc2)cc1NC[N+]1(C=O)Cc2ccc(C(F)(F)F)cc2C1. The quantitative estimate of drug-likeness (QED) is 0.370. The van der Waals surface area contributed by atoms with E-state index in [2.05, 4.69) is 10.3 Å². The second-order valence-corrected chi connectivity index (χ2v) is 7.49. The lowest BCUT2D eigenvalue weighted by atomic mass is 10.1. The molecular weight excluding hydrogens is 393 g/mol. The molecule has 5 nitrogen and oxygen atoms in total. The molecular formula is C22H20F3N4O+. The van der Waals surface area contributed by atoms with E-state index in [0.29, 0.717) is 23.5 Å². The molecule has 1 aromatic heterocycles. The van der Waals surface area contributed by atoms with Crippen LogP contribution in [0.4, 0.5) is 24.5 Å². The number of nitrogens with zero attached hydrogens (tertiary/aromatic N) is 2. The number of benzene rings is 2. The molecule has 30 heavy (non-hydrogen) atoms. The molecule has 3 N–H and O–H groups in total. The van der Waals surface area contributed by atoms with Gasteiger partial charge in [-0.3, -0.25) is 4.98 Å². The van der Waals surface area contributed by atoms with Gasteiger partial charge in [0.15, 0.2) is 6.67 Å². The number of quaternary nitrogens is 1. The Labute approximate surface area is 171 Å². The lowest BCUT2D eigenvalue weighted by molar-refractivity contribution is -0.862. The smallest absolute Gasteiger partial charge is 0.397 e. The molecule has 1 aliphatic rings. The molecule has 0 saturated carbocycles. The average molecular weight is 413 g/mol. The summed E-state index contributed by atoms with van der Waals surface area (Å²) in [5.41, 5.74) is 9.77. The molecule has 8 heteroatoms. The van der Waals surface area contributed by atoms with Crippen LogP contribution in [0.15, 0.2) is 60.9 Å². The Kier molecular flexibility index (Phi) is 4.95. The summed E-state index contributed by atoms with van der Waals surface area (Å²) in [5.74, 6) is 0. The molecule has 0 aliphatic carbocycles. The monoisotopic (exact) mass is 413 g/mol. The Morgan fingerprint density at radius 2 is 1.73 bits per heavy atom. The number of nitrogen functional groups attached to an aromatic ring is 1. The van der Waals surface area contributed by atoms with Gasteiger partial charge in [0.2, 0.25) is 0 Å². The number of rotatable bonds is 5. The first-order chi connectivity index (χ1) is 14.3. The maximum absolute atomic E-state index is 13.0. The minimum atomic E-state index is -4.41. The zero-order chi connectivity index (χ0) is 21.4. The van der Waals surface area contributed by atoms with Crippen LogP contribution < -0.4 is 11.1 Å². The van der Waals surface area contributed by atoms with E-state index in [1.807, 2.05) is 24.3 Å². The van der Waals surface area contributed by atoms with Crippen LogP contribution in [0.2, 0.25) is 0 Å². The lowest BCUT2D eigenvalue weighted by Crippen LogP contribution is -2.45. The van der Waals surface area contributed by atoms with E-state index in [1.54, 1.807) is 18.5 Å². The molecule has 4 rings (SSSR count). The van der Waals surface area contributed by atoms with Crippen LogP contribution in [0.25, 0.3) is 11.1 Å². The van der Waals surface area contributed by atoms with Crippen LogP contribution in [-0.4, -0.2) is 22.5 Å². The molecule has 154 valence electrons. The van der Waals surface area contributed by atoms with Crippen molar-refractivity contribution in [2.75, 3.05) is 17.7 Å². The third kappa shape index (κ3) is 3.86. The fourth-order valence-electron chi connectivity index (χ4n) is 3.74. The molecule has 0 saturated heterocycles. The summed E-state index contributed by atoms with van der Waals surface area (Å²) in [4.78, 5) is 16.0. The molecule has 0 spiro atoms. The number of nitrogens with one attached hydrogen (secondary N) is 1. The van der Waals surface area contributed by atoms with Crippen LogP contribution in [0, 0.1) is 0 Å². The predicted molar refractivity (Wildman–Crippen MR) is 108 cm³/mol. The molecule has 0 radical (unpaired) electrons. The number of carbonyl (C=O) groups excluding carboxylic acids is 1. The highest BCUT2D eigenvalue weighted by atomic mass is 19.4. The molecule has 1 unspecified atom stereocenters. The zero-order valence-corrected chi connectivity index (χ0v) is 16.0. The van der Waals surface area contributed by atoms with Crippen molar-refractivity contribution in [2.24, 2.45) is 0 Å². The Hall–Kier alpha value is -3.39. The number of aromatic nitrogens is 1. The average Bonchev–Trinajstić information content (AvgIpc) is 3.11. The van der Waals surface area contributed by atoms with Gasteiger partial charge in [0.1, 0.15) is 13.1 Å². The maximum atomic E-state index is 13.0. The zero-order valence-electron chi connectivity index (χ0n) is 16.0. The normalized spacial score (nSPS) is 18.1. The minimum absolute atomic E-state index is 0.0461. The maximum Gasteiger partial charge on any atom is 0.416 e. The molecule has 0 fully saturated rings. The molecule has 3 aromatic rings. The van der Waals surface area contributed by atoms with Gasteiger partial charge in [-0.05, 0) is 47.5 Å². The number of alkyl halides is 3. The van der Waals surface area contributed by atoms with Gasteiger partial charge < -0.3 is 11.1 Å². The number of amides is 1. The first-order valence-corrected chi connectivity index (χ1v) is 9.35. The molecule has 1 amide bonds. The van der Waals surface area contributed by atoms with Crippen molar-refractivity contribution in [1.82, 2.24) is 4.98 Å². The number of pyridine rings is 1. The van der Waals surface area contributed by atoms with E-state index < -0.39 is 11.7 Å². The molecule has 2 aromatic carbocycles. The Morgan fingerprint density at radius 1 is 1.00 bits per heavy atom. The van der Waals surface area contributed by atoms with E-state index in [-0.39, 0.29) is 17.7 Å². The van der Waals surface area contributed by atoms with Crippen molar-refractivity contribution < 1.29 is 22.4 Å². The van der Waals surface area contributed by atoms with Gasteiger partial charge in [-0.1, -0.05) is 12.1 Å². The second-order valence-electron chi connectivity index (χ2n) is 7.49. The lowest BCUT2D eigenvalue weighted by Gasteiger charge is -2.27. The fraction of sp³-hybridized carbons (Fsp3) is 0.182. The number of halogens is 3. The molecule has 1 atom stereocenters. The first-order valence-electron chi connectivity index (χ1n) is 9.35. The van der Waals surface area contributed by atoms with Crippen molar-refractivity contribution in [1.29, 1.82) is 0 Å². The van der Waals surface area contributed by atoms with Crippen LogP contribution in [0.5, 0.6) is 0 Å². The largest absolute Gasteiger partial charge is 0.416 e. The topological polar surface area (TPSA) is 68.0 Å². The van der Waals surface area contributed by atoms with Gasteiger partial charge in [-0.2, -0.15) is 13.2 Å². The highest BCUT2D eigenvalue weighted by Gasteiger charge is 2.39. The van der Waals surface area contributed by atoms with E-state index in [4.69, 9.17) is 5.73 Å². The van der Waals surface area contributed by atoms with E-state index in [9.17, 15) is 18.0 Å². The van der Waals surface area contributed by atoms with Gasteiger partial charge >= 0.3 is 12.6 Å². The Morgan fingerprint density at radius 3 is 2.43 bits per heavy atom. The summed E-state index contributed by atoms with van der Waals surface area (Å²) in [7, 11) is 0. The number of hydrogen-bond donors (Lipinski definition) is 2. The Bertz CT molecular complexity index is 1090. The van der Waals surface area contributed by atoms with Gasteiger partial charge in [0.05, 0.1) is 16.9 Å². The van der Waals surface area contributed by atoms with Crippen molar-refractivity contribution in [2.45, 2.75) is 19.3 Å². The number of nitrogens with two attached hydrogens (primary N) is 1. The molecule has 1 aliphatic heterocycles. The second kappa shape index (κ2) is 7.46. The summed E-state index contributed by atoms with van der Waals surface area (Å²) in [6.07, 6.45) is -0.234. The van der Waals surface area contributed by atoms with Crippen LogP contribution in [0.3, 0.4) is 0 Å². The van der Waals surface area contributed by atoms with Gasteiger partial charge in [-0.15, -0.1) is 0 Å². The van der Waals surface area contributed by atoms with Crippen LogP contribution in [-0.2, 0) is 24.1 Å². The third-order valence-corrected chi connectivity index (χ3v) is 5.38. The van der Waals surface area contributed by atoms with Gasteiger partial charge in [-0.25, -0.2) is 9.28 Å². The van der Waals surface area contributed by atoms with Crippen molar-refractivity contribution in [3.8, 4) is 11.1 Å². The van der Waals surface area contributed by atoms with Crippen molar-refractivity contribution in [3.63, 3.8) is 0 Å². The van der Waals surface area contributed by atoms with Crippen molar-refractivity contribution in [3.05, 3.63) is 77.6 Å². The minimum Gasteiger partial charge on any atom is -0.397 e. The first kappa shape index (κ1) is 19.9. The fourth-order valence-corrected chi connectivity index (χ4v) is 3.74. The third-order valence-electron chi connectivity index (χ3n) is 5.38. The summed E-state index contributed by atoms with van der Waals surface area (Å²) < 4.78 is 39.0. The summed E-state index contributed by atoms with van der Waals surface area (Å²) >= 11 is 0. The highest BCUT2D eigenvalue weighted by Crippen LogP contribution is 2.35. The molecule has 0 bridgehead atoms. The van der Waals surface area contributed by atoms with E-state index in [0.717, 1.165) is 35.2 Å². The number of anilines is 2. The summed E-state index contributed by atoms with van der Waals surface area (Å²) in [6, 6.07) is 13.0. The summed E-state index contributed by atoms with van der Waals surface area (Å²) in [5, 5.41) is 3.21. The van der Waals surface area contributed by atoms with E-state index in [1.165, 1.54) is 6.07 Å². The Balaban J connectivity index is 1.55. The summed E-state index contributed by atoms with van der Waals surface area (Å²) in [6.45, 7) is 0.733. The van der Waals surface area contributed by atoms with Gasteiger partial charge in [0.25, 0.3) is 0 Å². The van der Waals surface area contributed by atoms with Crippen LogP contribution in [0.1, 0.15) is 16.7 Å². The standard InChI is InChI=1S/C22H20F3N4O/c23-22(24,25)19-3-1-17-11-29(14-30,12-18(17)9-19)13-28-21-10-16(2-4-20(21)26)15-5-7-27-8-6-15/h1-10,14,28H,11-13,26H2/q+1.